The molecule has 2 heteroatoms. The van der Waals surface area contributed by atoms with Gasteiger partial charge in [0.05, 0.1) is 10.5 Å². The average molecular weight is 414 g/mol. The lowest BCUT2D eigenvalue weighted by atomic mass is 10.0. The second-order valence-corrected chi connectivity index (χ2v) is 9.61. The van der Waals surface area contributed by atoms with Gasteiger partial charge in [-0.2, -0.15) is 0 Å². The summed E-state index contributed by atoms with van der Waals surface area (Å²) in [5.41, 5.74) is 1.12. The van der Waals surface area contributed by atoms with E-state index in [1.54, 1.807) is 0 Å². The minimum atomic E-state index is 1.12. The van der Waals surface area contributed by atoms with E-state index < -0.39 is 0 Å². The quantitative estimate of drug-likeness (QED) is 0.178. The second kappa shape index (κ2) is 16.7. The first-order chi connectivity index (χ1) is 14.4. The fourth-order valence-corrected chi connectivity index (χ4v) is 4.84. The zero-order chi connectivity index (χ0) is 20.4. The first-order valence-corrected chi connectivity index (χ1v) is 13.4. The van der Waals surface area contributed by atoms with Crippen LogP contribution in [0.1, 0.15) is 110 Å². The molecule has 2 rings (SSSR count). The largest absolute Gasteiger partial charge is 0.241 e. The molecule has 0 saturated heterocycles. The summed E-state index contributed by atoms with van der Waals surface area (Å²) in [5, 5.41) is 2.41. The van der Waals surface area contributed by atoms with Crippen molar-refractivity contribution >= 4 is 22.7 Å². The Kier molecular flexibility index (Phi) is 14.0. The number of hydrogen-bond acceptors (Lipinski definition) is 2. The maximum atomic E-state index is 4.75. The normalized spacial score (nSPS) is 11.3. The zero-order valence-electron chi connectivity index (χ0n) is 18.8. The Morgan fingerprint density at radius 3 is 1.69 bits per heavy atom. The van der Waals surface area contributed by atoms with Crippen LogP contribution in [0.25, 0.3) is 10.9 Å². The van der Waals surface area contributed by atoms with Gasteiger partial charge in [0, 0.05) is 5.39 Å². The van der Waals surface area contributed by atoms with Crippen LogP contribution >= 0.6 is 11.8 Å². The first kappa shape index (κ1) is 24.3. The van der Waals surface area contributed by atoms with Gasteiger partial charge in [0.1, 0.15) is 0 Å². The van der Waals surface area contributed by atoms with E-state index in [9.17, 15) is 0 Å². The van der Waals surface area contributed by atoms with Gasteiger partial charge in [-0.1, -0.05) is 128 Å². The summed E-state index contributed by atoms with van der Waals surface area (Å²) in [5.74, 6) is 1.20. The number of rotatable bonds is 18. The lowest BCUT2D eigenvalue weighted by Crippen LogP contribution is -1.86. The molecule has 0 fully saturated rings. The third-order valence-electron chi connectivity index (χ3n) is 5.82. The number of nitrogens with zero attached hydrogens (tertiary/aromatic N) is 1. The van der Waals surface area contributed by atoms with Crippen LogP contribution in [-0.4, -0.2) is 10.7 Å². The molecule has 0 aliphatic rings. The van der Waals surface area contributed by atoms with Crippen LogP contribution in [0.2, 0.25) is 0 Å². The minimum Gasteiger partial charge on any atom is -0.241 e. The molecule has 0 spiro atoms. The van der Waals surface area contributed by atoms with Crippen molar-refractivity contribution in [1.82, 2.24) is 4.98 Å². The molecule has 0 N–H and O–H groups in total. The summed E-state index contributed by atoms with van der Waals surface area (Å²) < 4.78 is 0. The van der Waals surface area contributed by atoms with Crippen molar-refractivity contribution in [2.45, 2.75) is 115 Å². The van der Waals surface area contributed by atoms with Crippen LogP contribution in [-0.2, 0) is 0 Å². The Labute approximate surface area is 184 Å². The third-order valence-corrected chi connectivity index (χ3v) is 6.84. The van der Waals surface area contributed by atoms with Gasteiger partial charge in [-0.3, -0.25) is 0 Å². The summed E-state index contributed by atoms with van der Waals surface area (Å²) in [6.07, 6.45) is 22.9. The van der Waals surface area contributed by atoms with E-state index in [0.717, 1.165) is 5.52 Å². The summed E-state index contributed by atoms with van der Waals surface area (Å²) in [6.45, 7) is 2.30. The van der Waals surface area contributed by atoms with Crippen molar-refractivity contribution in [3.63, 3.8) is 0 Å². The van der Waals surface area contributed by atoms with Crippen molar-refractivity contribution in [3.8, 4) is 0 Å². The monoisotopic (exact) mass is 413 g/mol. The Morgan fingerprint density at radius 2 is 1.10 bits per heavy atom. The Bertz CT molecular complexity index is 639. The standard InChI is InChI=1S/C27H43NS/c1-2-3-4-5-6-7-8-9-10-11-12-13-14-15-16-19-24-29-27-23-22-25-20-17-18-21-26(25)28-27/h17-18,20-23H,2-16,19,24H2,1H3. The predicted molar refractivity (Wildman–Crippen MR) is 132 cm³/mol. The highest BCUT2D eigenvalue weighted by atomic mass is 32.2. The van der Waals surface area contributed by atoms with Crippen LogP contribution in [0.3, 0.4) is 0 Å². The number of thioether (sulfide) groups is 1. The molecule has 2 aromatic rings. The molecule has 0 saturated carbocycles. The zero-order valence-corrected chi connectivity index (χ0v) is 19.7. The van der Waals surface area contributed by atoms with Crippen molar-refractivity contribution in [2.75, 3.05) is 5.75 Å². The van der Waals surface area contributed by atoms with Crippen LogP contribution in [0.4, 0.5) is 0 Å². The van der Waals surface area contributed by atoms with Gasteiger partial charge in [-0.05, 0) is 24.3 Å². The highest BCUT2D eigenvalue weighted by Gasteiger charge is 1.99. The maximum Gasteiger partial charge on any atom is 0.0967 e. The number of fused-ring (bicyclic) bond motifs is 1. The highest BCUT2D eigenvalue weighted by molar-refractivity contribution is 7.99. The van der Waals surface area contributed by atoms with Crippen molar-refractivity contribution in [1.29, 1.82) is 0 Å². The molecule has 0 atom stereocenters. The third kappa shape index (κ3) is 11.7. The molecule has 1 nitrogen and oxygen atoms in total. The van der Waals surface area contributed by atoms with E-state index in [2.05, 4.69) is 43.3 Å². The first-order valence-electron chi connectivity index (χ1n) is 12.4. The van der Waals surface area contributed by atoms with Crippen LogP contribution in [0.5, 0.6) is 0 Å². The van der Waals surface area contributed by atoms with E-state index in [1.807, 2.05) is 11.8 Å². The maximum absolute atomic E-state index is 4.75. The molecule has 0 amide bonds. The fraction of sp³-hybridized carbons (Fsp3) is 0.667. The number of benzene rings is 1. The summed E-state index contributed by atoms with van der Waals surface area (Å²) in [6, 6.07) is 12.7. The molecule has 1 aromatic heterocycles. The van der Waals surface area contributed by atoms with Gasteiger partial charge in [-0.25, -0.2) is 4.98 Å². The van der Waals surface area contributed by atoms with E-state index in [1.165, 1.54) is 119 Å². The van der Waals surface area contributed by atoms with E-state index in [0.29, 0.717) is 0 Å². The average Bonchev–Trinajstić information content (AvgIpc) is 2.76. The molecular formula is C27H43NS. The van der Waals surface area contributed by atoms with Crippen LogP contribution in [0.15, 0.2) is 41.4 Å². The molecular weight excluding hydrogens is 370 g/mol. The van der Waals surface area contributed by atoms with Crippen molar-refractivity contribution in [2.24, 2.45) is 0 Å². The van der Waals surface area contributed by atoms with E-state index in [4.69, 9.17) is 4.98 Å². The number of hydrogen-bond donors (Lipinski definition) is 0. The minimum absolute atomic E-state index is 1.12. The number of pyridine rings is 1. The molecule has 0 bridgehead atoms. The SMILES string of the molecule is CCCCCCCCCCCCCCCCCCSc1ccc2ccccc2n1. The highest BCUT2D eigenvalue weighted by Crippen LogP contribution is 2.21. The van der Waals surface area contributed by atoms with Gasteiger partial charge in [0.2, 0.25) is 0 Å². The van der Waals surface area contributed by atoms with Gasteiger partial charge >= 0.3 is 0 Å². The molecule has 29 heavy (non-hydrogen) atoms. The van der Waals surface area contributed by atoms with Gasteiger partial charge < -0.3 is 0 Å². The predicted octanol–water partition coefficient (Wildman–Crippen LogP) is 9.59. The summed E-state index contributed by atoms with van der Waals surface area (Å²) in [4.78, 5) is 4.75. The Balaban J connectivity index is 1.33. The fourth-order valence-electron chi connectivity index (χ4n) is 3.95. The lowest BCUT2D eigenvalue weighted by molar-refractivity contribution is 0.531. The number of unbranched alkanes of at least 4 members (excludes halogenated alkanes) is 15. The Morgan fingerprint density at radius 1 is 0.586 bits per heavy atom. The molecule has 0 aliphatic heterocycles. The van der Waals surface area contributed by atoms with E-state index in [-0.39, 0.29) is 0 Å². The van der Waals surface area contributed by atoms with Gasteiger partial charge in [0.15, 0.2) is 0 Å². The Hall–Kier alpha value is -1.02. The molecule has 162 valence electrons. The molecule has 1 aromatic carbocycles. The summed E-state index contributed by atoms with van der Waals surface area (Å²) >= 11 is 1.91. The second-order valence-electron chi connectivity index (χ2n) is 8.49. The van der Waals surface area contributed by atoms with Crippen molar-refractivity contribution in [3.05, 3.63) is 36.4 Å². The molecule has 0 unspecified atom stereocenters. The van der Waals surface area contributed by atoms with Gasteiger partial charge in [-0.15, -0.1) is 11.8 Å². The smallest absolute Gasteiger partial charge is 0.0967 e. The number of aromatic nitrogens is 1. The topological polar surface area (TPSA) is 12.9 Å². The molecule has 1 heterocycles. The summed E-state index contributed by atoms with van der Waals surface area (Å²) in [7, 11) is 0. The lowest BCUT2D eigenvalue weighted by Gasteiger charge is -2.04. The molecule has 0 aliphatic carbocycles. The molecule has 0 radical (unpaired) electrons. The van der Waals surface area contributed by atoms with Gasteiger partial charge in [0.25, 0.3) is 0 Å². The van der Waals surface area contributed by atoms with E-state index >= 15 is 0 Å². The number of para-hydroxylation sites is 1. The van der Waals surface area contributed by atoms with Crippen LogP contribution in [0, 0.1) is 0 Å². The van der Waals surface area contributed by atoms with Crippen molar-refractivity contribution < 1.29 is 0 Å². The van der Waals surface area contributed by atoms with Crippen LogP contribution < -0.4 is 0 Å².